The highest BCUT2D eigenvalue weighted by atomic mass is 16.2. The number of piperidine rings is 1. The predicted octanol–water partition coefficient (Wildman–Crippen LogP) is 2.73. The number of H-pyrrole nitrogens is 1. The molecule has 1 aromatic carbocycles. The molecule has 3 rings (SSSR count). The molecule has 0 radical (unpaired) electrons. The highest BCUT2D eigenvalue weighted by molar-refractivity contribution is 5.96. The second-order valence-corrected chi connectivity index (χ2v) is 5.39. The molecule has 2 heterocycles. The van der Waals surface area contributed by atoms with Crippen molar-refractivity contribution in [1.82, 2.24) is 20.1 Å². The number of hydrogen-bond acceptors (Lipinski definition) is 3. The van der Waals surface area contributed by atoms with Crippen LogP contribution in [0.2, 0.25) is 0 Å². The SMILES string of the molecule is CCc1ccccc1C(=O)N1CCCCC1c1ncn[nH]1. The van der Waals surface area contributed by atoms with Crippen molar-refractivity contribution in [3.05, 3.63) is 47.5 Å². The fourth-order valence-corrected chi connectivity index (χ4v) is 3.03. The van der Waals surface area contributed by atoms with Gasteiger partial charge in [-0.3, -0.25) is 9.89 Å². The van der Waals surface area contributed by atoms with E-state index in [0.29, 0.717) is 0 Å². The minimum atomic E-state index is 0.0127. The van der Waals surface area contributed by atoms with E-state index in [1.54, 1.807) is 0 Å². The number of aryl methyl sites for hydroxylation is 1. The number of carbonyl (C=O) groups excluding carboxylic acids is 1. The minimum Gasteiger partial charge on any atom is -0.328 e. The van der Waals surface area contributed by atoms with Crippen molar-refractivity contribution in [2.45, 2.75) is 38.6 Å². The molecule has 1 N–H and O–H groups in total. The first-order chi connectivity index (χ1) is 10.3. The van der Waals surface area contributed by atoms with Gasteiger partial charge in [0.1, 0.15) is 12.2 Å². The Balaban J connectivity index is 1.91. The van der Waals surface area contributed by atoms with E-state index in [-0.39, 0.29) is 11.9 Å². The maximum atomic E-state index is 12.9. The van der Waals surface area contributed by atoms with Crippen LogP contribution in [0.25, 0.3) is 0 Å². The van der Waals surface area contributed by atoms with Crippen molar-refractivity contribution >= 4 is 5.91 Å². The minimum absolute atomic E-state index is 0.0127. The van der Waals surface area contributed by atoms with Gasteiger partial charge in [-0.05, 0) is 37.3 Å². The molecule has 0 saturated carbocycles. The second kappa shape index (κ2) is 6.08. The first kappa shape index (κ1) is 13.8. The molecule has 2 aromatic rings. The average Bonchev–Trinajstić information content (AvgIpc) is 3.08. The van der Waals surface area contributed by atoms with Gasteiger partial charge < -0.3 is 4.90 Å². The van der Waals surface area contributed by atoms with Crippen LogP contribution in [0.4, 0.5) is 0 Å². The summed E-state index contributed by atoms with van der Waals surface area (Å²) in [6.45, 7) is 2.86. The van der Waals surface area contributed by atoms with E-state index in [4.69, 9.17) is 0 Å². The maximum absolute atomic E-state index is 12.9. The lowest BCUT2D eigenvalue weighted by molar-refractivity contribution is 0.0599. The summed E-state index contributed by atoms with van der Waals surface area (Å²) >= 11 is 0. The number of benzene rings is 1. The molecule has 110 valence electrons. The number of hydrogen-bond donors (Lipinski definition) is 1. The van der Waals surface area contributed by atoms with Crippen LogP contribution in [-0.4, -0.2) is 32.5 Å². The van der Waals surface area contributed by atoms with Crippen LogP contribution in [0.15, 0.2) is 30.6 Å². The molecule has 5 heteroatoms. The number of aromatic nitrogens is 3. The monoisotopic (exact) mass is 284 g/mol. The Morgan fingerprint density at radius 2 is 2.24 bits per heavy atom. The zero-order chi connectivity index (χ0) is 14.7. The first-order valence-corrected chi connectivity index (χ1v) is 7.55. The zero-order valence-electron chi connectivity index (χ0n) is 12.2. The number of likely N-dealkylation sites (tertiary alicyclic amines) is 1. The third kappa shape index (κ3) is 2.68. The lowest BCUT2D eigenvalue weighted by atomic mass is 9.98. The third-order valence-corrected chi connectivity index (χ3v) is 4.14. The van der Waals surface area contributed by atoms with Crippen molar-refractivity contribution in [3.63, 3.8) is 0 Å². The Morgan fingerprint density at radius 3 is 3.00 bits per heavy atom. The fourth-order valence-electron chi connectivity index (χ4n) is 3.03. The van der Waals surface area contributed by atoms with Crippen molar-refractivity contribution in [1.29, 1.82) is 0 Å². The summed E-state index contributed by atoms with van der Waals surface area (Å²) in [5.74, 6) is 0.894. The van der Waals surface area contributed by atoms with Crippen molar-refractivity contribution in [2.75, 3.05) is 6.54 Å². The van der Waals surface area contributed by atoms with E-state index in [0.717, 1.165) is 49.2 Å². The zero-order valence-corrected chi connectivity index (χ0v) is 12.2. The number of nitrogens with zero attached hydrogens (tertiary/aromatic N) is 3. The Bertz CT molecular complexity index is 608. The third-order valence-electron chi connectivity index (χ3n) is 4.14. The van der Waals surface area contributed by atoms with Crippen LogP contribution in [0.1, 0.15) is 54.0 Å². The topological polar surface area (TPSA) is 61.9 Å². The summed E-state index contributed by atoms with van der Waals surface area (Å²) in [7, 11) is 0. The molecule has 1 amide bonds. The molecule has 0 bridgehead atoms. The molecule has 21 heavy (non-hydrogen) atoms. The van der Waals surface area contributed by atoms with Crippen LogP contribution >= 0.6 is 0 Å². The van der Waals surface area contributed by atoms with Crippen LogP contribution in [-0.2, 0) is 6.42 Å². The quantitative estimate of drug-likeness (QED) is 0.942. The summed E-state index contributed by atoms with van der Waals surface area (Å²) in [6.07, 6.45) is 5.47. The second-order valence-electron chi connectivity index (χ2n) is 5.39. The Hall–Kier alpha value is -2.17. The van der Waals surface area contributed by atoms with E-state index in [9.17, 15) is 4.79 Å². The Labute approximate surface area is 124 Å². The molecule has 1 saturated heterocycles. The van der Waals surface area contributed by atoms with Gasteiger partial charge in [0.2, 0.25) is 0 Å². The van der Waals surface area contributed by atoms with Crippen LogP contribution < -0.4 is 0 Å². The van der Waals surface area contributed by atoms with Gasteiger partial charge in [-0.2, -0.15) is 5.10 Å². The molecule has 5 nitrogen and oxygen atoms in total. The van der Waals surface area contributed by atoms with Gasteiger partial charge in [0.25, 0.3) is 5.91 Å². The van der Waals surface area contributed by atoms with Crippen LogP contribution in [0, 0.1) is 0 Å². The van der Waals surface area contributed by atoms with E-state index >= 15 is 0 Å². The van der Waals surface area contributed by atoms with Gasteiger partial charge in [-0.1, -0.05) is 25.1 Å². The number of rotatable bonds is 3. The summed E-state index contributed by atoms with van der Waals surface area (Å²) in [4.78, 5) is 19.1. The molecule has 1 fully saturated rings. The van der Waals surface area contributed by atoms with E-state index in [1.807, 2.05) is 29.2 Å². The average molecular weight is 284 g/mol. The number of aromatic amines is 1. The normalized spacial score (nSPS) is 18.7. The van der Waals surface area contributed by atoms with Crippen molar-refractivity contribution in [3.8, 4) is 0 Å². The number of amides is 1. The van der Waals surface area contributed by atoms with E-state index < -0.39 is 0 Å². The maximum Gasteiger partial charge on any atom is 0.254 e. The van der Waals surface area contributed by atoms with Crippen LogP contribution in [0.5, 0.6) is 0 Å². The van der Waals surface area contributed by atoms with Gasteiger partial charge in [-0.15, -0.1) is 0 Å². The van der Waals surface area contributed by atoms with Gasteiger partial charge >= 0.3 is 0 Å². The molecular weight excluding hydrogens is 264 g/mol. The fraction of sp³-hybridized carbons (Fsp3) is 0.438. The molecular formula is C16H20N4O. The molecule has 1 aromatic heterocycles. The molecule has 1 unspecified atom stereocenters. The predicted molar refractivity (Wildman–Crippen MR) is 79.8 cm³/mol. The summed E-state index contributed by atoms with van der Waals surface area (Å²) < 4.78 is 0. The highest BCUT2D eigenvalue weighted by Gasteiger charge is 2.31. The number of carbonyl (C=O) groups is 1. The molecule has 0 aliphatic carbocycles. The lowest BCUT2D eigenvalue weighted by Gasteiger charge is -2.34. The summed E-state index contributed by atoms with van der Waals surface area (Å²) in [5, 5.41) is 6.84. The molecule has 0 spiro atoms. The lowest BCUT2D eigenvalue weighted by Crippen LogP contribution is -2.39. The number of nitrogens with one attached hydrogen (secondary N) is 1. The van der Waals surface area contributed by atoms with Crippen molar-refractivity contribution < 1.29 is 4.79 Å². The van der Waals surface area contributed by atoms with Gasteiger partial charge in [0.05, 0.1) is 6.04 Å². The van der Waals surface area contributed by atoms with Crippen LogP contribution in [0.3, 0.4) is 0 Å². The van der Waals surface area contributed by atoms with Crippen molar-refractivity contribution in [2.24, 2.45) is 0 Å². The summed E-state index contributed by atoms with van der Waals surface area (Å²) in [6, 6.07) is 7.88. The summed E-state index contributed by atoms with van der Waals surface area (Å²) in [5.41, 5.74) is 1.91. The standard InChI is InChI=1S/C16H20N4O/c1-2-12-7-3-4-8-13(12)16(21)20-10-6-5-9-14(20)15-17-11-18-19-15/h3-4,7-8,11,14H,2,5-6,9-10H2,1H3,(H,17,18,19). The Morgan fingerprint density at radius 1 is 1.38 bits per heavy atom. The Kier molecular flexibility index (Phi) is 3.99. The molecule has 1 aliphatic heterocycles. The molecule has 1 aliphatic rings. The smallest absolute Gasteiger partial charge is 0.254 e. The molecule has 1 atom stereocenters. The van der Waals surface area contributed by atoms with Gasteiger partial charge in [0.15, 0.2) is 0 Å². The van der Waals surface area contributed by atoms with E-state index in [2.05, 4.69) is 22.1 Å². The highest BCUT2D eigenvalue weighted by Crippen LogP contribution is 2.30. The van der Waals surface area contributed by atoms with Gasteiger partial charge in [-0.25, -0.2) is 4.98 Å². The van der Waals surface area contributed by atoms with E-state index in [1.165, 1.54) is 6.33 Å². The largest absolute Gasteiger partial charge is 0.328 e. The van der Waals surface area contributed by atoms with Gasteiger partial charge in [0, 0.05) is 12.1 Å². The first-order valence-electron chi connectivity index (χ1n) is 7.55.